The van der Waals surface area contributed by atoms with E-state index < -0.39 is 0 Å². The van der Waals surface area contributed by atoms with Crippen molar-refractivity contribution in [2.75, 3.05) is 4.90 Å². The Morgan fingerprint density at radius 3 is 1.58 bits per heavy atom. The molecule has 0 aromatic heterocycles. The molecule has 1 heteroatoms. The van der Waals surface area contributed by atoms with Crippen LogP contribution in [0.2, 0.25) is 0 Å². The van der Waals surface area contributed by atoms with E-state index in [1.807, 2.05) is 0 Å². The molecule has 0 N–H and O–H groups in total. The van der Waals surface area contributed by atoms with Gasteiger partial charge < -0.3 is 4.90 Å². The van der Waals surface area contributed by atoms with Crippen LogP contribution in [-0.2, 0) is 27.1 Å². The van der Waals surface area contributed by atoms with Crippen LogP contribution in [0.5, 0.6) is 0 Å². The number of hydrogen-bond acceptors (Lipinski definition) is 1. The topological polar surface area (TPSA) is 3.24 Å². The van der Waals surface area contributed by atoms with Gasteiger partial charge in [-0.3, -0.25) is 0 Å². The van der Waals surface area contributed by atoms with E-state index in [4.69, 9.17) is 0 Å². The van der Waals surface area contributed by atoms with E-state index in [1.165, 1.54) is 119 Å². The highest BCUT2D eigenvalue weighted by Crippen LogP contribution is 2.70. The van der Waals surface area contributed by atoms with Gasteiger partial charge in [0.05, 0.1) is 5.69 Å². The standard InChI is InChI=1S/C56H63N/c1-52(2)22-24-54(5,6)49-31-37(18-20-46(49)52)43-33-44-42-16-12-13-17-45(42)56(38-27-35-26-36(29-38)30-39(56)28-35)48(44)34-51(43)57(40-14-10-9-11-15-40)41-19-21-47-50(32-41)55(7,8)25-23-53(47,3)4/h9-21,31-36,38-39H,22-30H2,1-8H3. The Kier molecular flexibility index (Phi) is 7.58. The summed E-state index contributed by atoms with van der Waals surface area (Å²) in [5, 5.41) is 0. The molecular formula is C56H63N. The van der Waals surface area contributed by atoms with Crippen molar-refractivity contribution in [3.63, 3.8) is 0 Å². The summed E-state index contributed by atoms with van der Waals surface area (Å²) in [4.78, 5) is 2.66. The first kappa shape index (κ1) is 36.0. The molecule has 7 aliphatic carbocycles. The number of hydrogen-bond donors (Lipinski definition) is 0. The molecule has 0 radical (unpaired) electrons. The van der Waals surface area contributed by atoms with Crippen LogP contribution in [-0.4, -0.2) is 0 Å². The fourth-order valence-electron chi connectivity index (χ4n) is 14.1. The van der Waals surface area contributed by atoms with Crippen LogP contribution >= 0.6 is 0 Å². The van der Waals surface area contributed by atoms with Crippen molar-refractivity contribution >= 4 is 17.1 Å². The van der Waals surface area contributed by atoms with Crippen LogP contribution in [0.15, 0.2) is 103 Å². The molecule has 0 amide bonds. The second-order valence-electron chi connectivity index (χ2n) is 22.3. The van der Waals surface area contributed by atoms with Gasteiger partial charge in [-0.2, -0.15) is 0 Å². The third-order valence-corrected chi connectivity index (χ3v) is 17.2. The summed E-state index contributed by atoms with van der Waals surface area (Å²) < 4.78 is 0. The quantitative estimate of drug-likeness (QED) is 0.177. The van der Waals surface area contributed by atoms with Gasteiger partial charge in [-0.1, -0.05) is 122 Å². The van der Waals surface area contributed by atoms with Gasteiger partial charge in [0.2, 0.25) is 0 Å². The summed E-state index contributed by atoms with van der Waals surface area (Å²) >= 11 is 0. The maximum absolute atomic E-state index is 2.75. The molecule has 7 aliphatic rings. The van der Waals surface area contributed by atoms with Crippen molar-refractivity contribution in [1.82, 2.24) is 0 Å². The van der Waals surface area contributed by atoms with Crippen LogP contribution in [0.3, 0.4) is 0 Å². The Labute approximate surface area is 343 Å². The van der Waals surface area contributed by atoms with E-state index in [-0.39, 0.29) is 27.1 Å². The highest BCUT2D eigenvalue weighted by molar-refractivity contribution is 5.95. The van der Waals surface area contributed by atoms with Crippen molar-refractivity contribution in [1.29, 1.82) is 0 Å². The third kappa shape index (κ3) is 5.12. The van der Waals surface area contributed by atoms with Crippen molar-refractivity contribution in [2.24, 2.45) is 23.7 Å². The molecular weight excluding hydrogens is 687 g/mol. The Hall–Kier alpha value is -4.10. The molecule has 1 nitrogen and oxygen atoms in total. The Morgan fingerprint density at radius 1 is 0.404 bits per heavy atom. The average Bonchev–Trinajstić information content (AvgIpc) is 3.47. The Bertz CT molecular complexity index is 2410. The van der Waals surface area contributed by atoms with Crippen LogP contribution in [0.1, 0.15) is 147 Å². The molecule has 0 heterocycles. The van der Waals surface area contributed by atoms with E-state index in [1.54, 1.807) is 11.1 Å². The van der Waals surface area contributed by atoms with Crippen LogP contribution in [0, 0.1) is 23.7 Å². The fraction of sp³-hybridized carbons (Fsp3) is 0.464. The predicted molar refractivity (Wildman–Crippen MR) is 240 cm³/mol. The van der Waals surface area contributed by atoms with Gasteiger partial charge in [0, 0.05) is 22.4 Å². The van der Waals surface area contributed by atoms with E-state index in [2.05, 4.69) is 163 Å². The highest BCUT2D eigenvalue weighted by Gasteiger charge is 2.61. The van der Waals surface area contributed by atoms with E-state index >= 15 is 0 Å². The zero-order chi connectivity index (χ0) is 39.3. The third-order valence-electron chi connectivity index (χ3n) is 17.2. The van der Waals surface area contributed by atoms with Crippen molar-refractivity contribution in [3.05, 3.63) is 137 Å². The molecule has 4 saturated carbocycles. The van der Waals surface area contributed by atoms with E-state index in [0.29, 0.717) is 0 Å². The maximum atomic E-state index is 2.75. The van der Waals surface area contributed by atoms with Crippen LogP contribution < -0.4 is 4.90 Å². The van der Waals surface area contributed by atoms with Crippen molar-refractivity contribution < 1.29 is 0 Å². The van der Waals surface area contributed by atoms with Crippen molar-refractivity contribution in [3.8, 4) is 22.3 Å². The minimum absolute atomic E-state index is 0.0960. The van der Waals surface area contributed by atoms with E-state index in [9.17, 15) is 0 Å². The number of para-hydroxylation sites is 1. The monoisotopic (exact) mass is 749 g/mol. The minimum Gasteiger partial charge on any atom is -0.310 e. The molecule has 292 valence electrons. The lowest BCUT2D eigenvalue weighted by molar-refractivity contribution is -0.0399. The van der Waals surface area contributed by atoms with Gasteiger partial charge >= 0.3 is 0 Å². The van der Waals surface area contributed by atoms with Gasteiger partial charge in [0.25, 0.3) is 0 Å². The minimum atomic E-state index is 0.0960. The fourth-order valence-corrected chi connectivity index (χ4v) is 14.1. The molecule has 5 aromatic rings. The lowest BCUT2D eigenvalue weighted by Gasteiger charge is -2.61. The van der Waals surface area contributed by atoms with Crippen LogP contribution in [0.4, 0.5) is 17.1 Å². The van der Waals surface area contributed by atoms with Crippen molar-refractivity contribution in [2.45, 2.75) is 140 Å². The summed E-state index contributed by atoms with van der Waals surface area (Å²) in [5.74, 6) is 3.28. The van der Waals surface area contributed by atoms with Gasteiger partial charge in [-0.25, -0.2) is 0 Å². The second-order valence-corrected chi connectivity index (χ2v) is 22.3. The zero-order valence-corrected chi connectivity index (χ0v) is 35.9. The molecule has 0 atom stereocenters. The lowest BCUT2D eigenvalue weighted by Crippen LogP contribution is -2.55. The molecule has 0 unspecified atom stereocenters. The maximum Gasteiger partial charge on any atom is 0.0543 e. The van der Waals surface area contributed by atoms with Gasteiger partial charge in [-0.05, 0) is 190 Å². The van der Waals surface area contributed by atoms with E-state index in [0.717, 1.165) is 23.7 Å². The Morgan fingerprint density at radius 2 is 0.947 bits per heavy atom. The molecule has 4 fully saturated rings. The van der Waals surface area contributed by atoms with Gasteiger partial charge in [0.15, 0.2) is 0 Å². The molecule has 57 heavy (non-hydrogen) atoms. The van der Waals surface area contributed by atoms with Crippen LogP contribution in [0.25, 0.3) is 22.3 Å². The first-order valence-corrected chi connectivity index (χ1v) is 22.6. The molecule has 0 aliphatic heterocycles. The summed E-state index contributed by atoms with van der Waals surface area (Å²) in [6.45, 7) is 19.7. The van der Waals surface area contributed by atoms with Gasteiger partial charge in [0.1, 0.15) is 0 Å². The first-order chi connectivity index (χ1) is 27.2. The largest absolute Gasteiger partial charge is 0.310 e. The summed E-state index contributed by atoms with van der Waals surface area (Å²) in [6.07, 6.45) is 11.9. The number of rotatable bonds is 4. The Balaban J connectivity index is 1.22. The zero-order valence-electron chi connectivity index (χ0n) is 35.9. The normalized spacial score (nSPS) is 28.7. The number of fused-ring (bicyclic) bond motifs is 5. The molecule has 1 spiro atoms. The smallest absolute Gasteiger partial charge is 0.0543 e. The average molecular weight is 750 g/mol. The van der Waals surface area contributed by atoms with Gasteiger partial charge in [-0.15, -0.1) is 0 Å². The highest BCUT2D eigenvalue weighted by atomic mass is 15.1. The molecule has 12 rings (SSSR count). The molecule has 0 saturated heterocycles. The molecule has 5 aromatic carbocycles. The summed E-state index contributed by atoms with van der Waals surface area (Å²) in [7, 11) is 0. The number of nitrogens with zero attached hydrogens (tertiary/aromatic N) is 1. The molecule has 4 bridgehead atoms. The lowest BCUT2D eigenvalue weighted by atomic mass is 9.43. The summed E-state index contributed by atoms with van der Waals surface area (Å²) in [6, 6.07) is 41.6. The number of anilines is 3. The summed E-state index contributed by atoms with van der Waals surface area (Å²) in [5.41, 5.74) is 19.6. The SMILES string of the molecule is CC1(C)CCC(C)(C)c2cc(-c3cc4c(cc3N(c3ccccc3)c3ccc5c(c3)C(C)(C)CCC5(C)C)C3(c5ccccc5-4)C4CC5CC(C4)CC3C5)ccc21. The second kappa shape index (κ2) is 12.0. The number of benzene rings is 5. The predicted octanol–water partition coefficient (Wildman–Crippen LogP) is 15.2. The first-order valence-electron chi connectivity index (χ1n) is 22.6.